The lowest BCUT2D eigenvalue weighted by Crippen LogP contribution is -2.34. The van der Waals surface area contributed by atoms with E-state index < -0.39 is 0 Å². The molecule has 2 heterocycles. The molecule has 1 saturated heterocycles. The molecule has 3 N–H and O–H groups in total. The number of aromatic nitrogens is 1. The third-order valence-electron chi connectivity index (χ3n) is 5.09. The number of rotatable bonds is 3. The van der Waals surface area contributed by atoms with E-state index in [0.717, 1.165) is 35.5 Å². The lowest BCUT2D eigenvalue weighted by molar-refractivity contribution is 0.151. The Morgan fingerprint density at radius 1 is 1.28 bits per heavy atom. The zero-order valence-electron chi connectivity index (χ0n) is 15.0. The number of aryl methyl sites for hydroxylation is 2. The number of hydrogen-bond acceptors (Lipinski definition) is 4. The van der Waals surface area contributed by atoms with E-state index in [9.17, 15) is 5.11 Å². The van der Waals surface area contributed by atoms with Gasteiger partial charge in [0.25, 0.3) is 0 Å². The lowest BCUT2D eigenvalue weighted by Gasteiger charge is -2.30. The molecule has 0 atom stereocenters. The molecule has 2 aromatic rings. The van der Waals surface area contributed by atoms with Crippen LogP contribution in [-0.2, 0) is 6.67 Å². The van der Waals surface area contributed by atoms with Gasteiger partial charge in [0, 0.05) is 18.5 Å². The summed E-state index contributed by atoms with van der Waals surface area (Å²) in [6.07, 6.45) is 2.37. The quantitative estimate of drug-likeness (QED) is 0.642. The van der Waals surface area contributed by atoms with Crippen molar-refractivity contribution in [3.8, 4) is 5.88 Å². The molecule has 1 aromatic carbocycles. The summed E-state index contributed by atoms with van der Waals surface area (Å²) in [5, 5.41) is 19.5. The Morgan fingerprint density at radius 3 is 2.56 bits per heavy atom. The number of aromatic hydroxyl groups is 1. The number of thiocarbonyl (C=S) groups is 1. The molecule has 1 aliphatic heterocycles. The van der Waals surface area contributed by atoms with Gasteiger partial charge in [-0.3, -0.25) is 9.47 Å². The highest BCUT2D eigenvalue weighted by molar-refractivity contribution is 7.80. The van der Waals surface area contributed by atoms with Crippen LogP contribution in [-0.4, -0.2) is 32.8 Å². The van der Waals surface area contributed by atoms with E-state index in [0.29, 0.717) is 12.4 Å². The Hall–Kier alpha value is -1.99. The van der Waals surface area contributed by atoms with Gasteiger partial charge >= 0.3 is 0 Å². The first-order valence-corrected chi connectivity index (χ1v) is 9.03. The summed E-state index contributed by atoms with van der Waals surface area (Å²) in [5.74, 6) is 0.879. The molecule has 3 rings (SSSR count). The molecule has 134 valence electrons. The van der Waals surface area contributed by atoms with Crippen LogP contribution in [0.2, 0.25) is 0 Å². The minimum atomic E-state index is -0.0471. The molecule has 7 heteroatoms. The van der Waals surface area contributed by atoms with E-state index in [1.807, 2.05) is 17.6 Å². The Labute approximate surface area is 153 Å². The second-order valence-electron chi connectivity index (χ2n) is 7.03. The maximum absolute atomic E-state index is 10.8. The number of nitrogens with zero attached hydrogens (tertiary/aromatic N) is 4. The molecule has 0 bridgehead atoms. The van der Waals surface area contributed by atoms with Gasteiger partial charge in [0.05, 0.1) is 12.2 Å². The zero-order chi connectivity index (χ0) is 18.1. The Balaban J connectivity index is 2.06. The first kappa shape index (κ1) is 17.8. The van der Waals surface area contributed by atoms with E-state index >= 15 is 0 Å². The number of fused-ring (bicyclic) bond motifs is 1. The van der Waals surface area contributed by atoms with Crippen LogP contribution in [0.1, 0.15) is 30.9 Å². The standard InChI is InChI=1S/C18H25N5OS/c1-11-4-6-22(7-5-11)10-23-15-9-13(3)12(2)8-14(15)16(17(23)24)20-21-18(19)25/h8-9,11,24H,4-7,10H2,1-3H3,(H2,19,25). The van der Waals surface area contributed by atoms with Crippen LogP contribution >= 0.6 is 12.2 Å². The van der Waals surface area contributed by atoms with E-state index in [1.54, 1.807) is 0 Å². The van der Waals surface area contributed by atoms with Crippen LogP contribution in [0.4, 0.5) is 5.69 Å². The average Bonchev–Trinajstić information content (AvgIpc) is 2.80. The normalized spacial score (nSPS) is 16.9. The third-order valence-corrected chi connectivity index (χ3v) is 5.17. The number of benzene rings is 1. The molecule has 0 radical (unpaired) electrons. The summed E-state index contributed by atoms with van der Waals surface area (Å²) in [7, 11) is 0. The van der Waals surface area contributed by atoms with Crippen LogP contribution in [0.5, 0.6) is 5.88 Å². The van der Waals surface area contributed by atoms with Gasteiger partial charge in [-0.1, -0.05) is 6.92 Å². The summed E-state index contributed by atoms with van der Waals surface area (Å²) >= 11 is 4.78. The number of nitrogens with two attached hydrogens (primary N) is 1. The second kappa shape index (κ2) is 7.09. The Morgan fingerprint density at radius 2 is 1.92 bits per heavy atom. The van der Waals surface area contributed by atoms with E-state index in [-0.39, 0.29) is 11.0 Å². The van der Waals surface area contributed by atoms with Crippen molar-refractivity contribution >= 4 is 33.9 Å². The number of azo groups is 1. The molecule has 1 aliphatic rings. The fraction of sp³-hybridized carbons (Fsp3) is 0.500. The highest BCUT2D eigenvalue weighted by Gasteiger charge is 2.22. The maximum Gasteiger partial charge on any atom is 0.221 e. The first-order chi connectivity index (χ1) is 11.9. The Bertz CT molecular complexity index is 834. The summed E-state index contributed by atoms with van der Waals surface area (Å²) in [6, 6.07) is 4.13. The van der Waals surface area contributed by atoms with Crippen molar-refractivity contribution in [2.24, 2.45) is 21.9 Å². The molecule has 6 nitrogen and oxygen atoms in total. The first-order valence-electron chi connectivity index (χ1n) is 8.62. The zero-order valence-corrected chi connectivity index (χ0v) is 15.8. The third kappa shape index (κ3) is 3.67. The molecule has 0 spiro atoms. The number of hydrogen-bond donors (Lipinski definition) is 2. The smallest absolute Gasteiger partial charge is 0.221 e. The van der Waals surface area contributed by atoms with Crippen molar-refractivity contribution in [3.05, 3.63) is 23.3 Å². The summed E-state index contributed by atoms with van der Waals surface area (Å²) in [5.41, 5.74) is 9.13. The van der Waals surface area contributed by atoms with Crippen LogP contribution in [0.25, 0.3) is 10.9 Å². The maximum atomic E-state index is 10.8. The highest BCUT2D eigenvalue weighted by atomic mass is 32.1. The summed E-state index contributed by atoms with van der Waals surface area (Å²) in [4.78, 5) is 2.36. The van der Waals surface area contributed by atoms with Gasteiger partial charge in [0.15, 0.2) is 5.69 Å². The van der Waals surface area contributed by atoms with Gasteiger partial charge in [-0.2, -0.15) is 0 Å². The summed E-state index contributed by atoms with van der Waals surface area (Å²) in [6.45, 7) is 9.12. The fourth-order valence-corrected chi connectivity index (χ4v) is 3.36. The van der Waals surface area contributed by atoms with E-state index in [2.05, 4.69) is 35.0 Å². The van der Waals surface area contributed by atoms with Gasteiger partial charge in [-0.25, -0.2) is 0 Å². The Kier molecular flexibility index (Phi) is 5.06. The molecule has 0 aliphatic carbocycles. The van der Waals surface area contributed by atoms with Gasteiger partial charge in [-0.05, 0) is 68.1 Å². The molecule has 1 fully saturated rings. The summed E-state index contributed by atoms with van der Waals surface area (Å²) < 4.78 is 1.91. The van der Waals surface area contributed by atoms with Crippen molar-refractivity contribution in [1.82, 2.24) is 9.47 Å². The topological polar surface area (TPSA) is 79.1 Å². The SMILES string of the molecule is Cc1cc2c(N=NC(N)=S)c(O)n(CN3CCC(C)CC3)c2cc1C. The van der Waals surface area contributed by atoms with Crippen LogP contribution in [0.15, 0.2) is 22.4 Å². The monoisotopic (exact) mass is 359 g/mol. The fourth-order valence-electron chi connectivity index (χ4n) is 3.32. The predicted octanol–water partition coefficient (Wildman–Crippen LogP) is 3.98. The number of likely N-dealkylation sites (tertiary alicyclic amines) is 1. The van der Waals surface area contributed by atoms with Crippen molar-refractivity contribution in [1.29, 1.82) is 0 Å². The minimum Gasteiger partial charge on any atom is -0.493 e. The van der Waals surface area contributed by atoms with Crippen molar-refractivity contribution in [2.45, 2.75) is 40.3 Å². The molecule has 0 saturated carbocycles. The molecular formula is C18H25N5OS. The molecule has 0 amide bonds. The van der Waals surface area contributed by atoms with Crippen LogP contribution in [0.3, 0.4) is 0 Å². The molecular weight excluding hydrogens is 334 g/mol. The van der Waals surface area contributed by atoms with Crippen LogP contribution in [0, 0.1) is 19.8 Å². The second-order valence-corrected chi connectivity index (χ2v) is 7.45. The van der Waals surface area contributed by atoms with E-state index in [1.165, 1.54) is 18.4 Å². The lowest BCUT2D eigenvalue weighted by atomic mass is 10.00. The van der Waals surface area contributed by atoms with Gasteiger partial charge < -0.3 is 10.8 Å². The van der Waals surface area contributed by atoms with Gasteiger partial charge in [0.2, 0.25) is 11.0 Å². The average molecular weight is 359 g/mol. The largest absolute Gasteiger partial charge is 0.493 e. The molecule has 0 unspecified atom stereocenters. The molecule has 25 heavy (non-hydrogen) atoms. The predicted molar refractivity (Wildman–Crippen MR) is 104 cm³/mol. The van der Waals surface area contributed by atoms with Gasteiger partial charge in [0.1, 0.15) is 0 Å². The van der Waals surface area contributed by atoms with E-state index in [4.69, 9.17) is 18.0 Å². The highest BCUT2D eigenvalue weighted by Crippen LogP contribution is 2.40. The van der Waals surface area contributed by atoms with Crippen molar-refractivity contribution < 1.29 is 5.11 Å². The number of piperidine rings is 1. The van der Waals surface area contributed by atoms with Crippen LogP contribution < -0.4 is 5.73 Å². The van der Waals surface area contributed by atoms with Gasteiger partial charge in [-0.15, -0.1) is 10.2 Å². The molecule has 1 aromatic heterocycles. The van der Waals surface area contributed by atoms with Crippen molar-refractivity contribution in [3.63, 3.8) is 0 Å². The minimum absolute atomic E-state index is 0.0471. The van der Waals surface area contributed by atoms with Crippen molar-refractivity contribution in [2.75, 3.05) is 13.1 Å².